The van der Waals surface area contributed by atoms with Crippen LogP contribution in [-0.2, 0) is 20.7 Å². The van der Waals surface area contributed by atoms with Gasteiger partial charge in [0.2, 0.25) is 5.91 Å². The maximum Gasteiger partial charge on any atom is 0.253 e. The number of hydrogen-bond acceptors (Lipinski definition) is 6. The van der Waals surface area contributed by atoms with Crippen molar-refractivity contribution < 1.29 is 18.7 Å². The van der Waals surface area contributed by atoms with E-state index in [1.807, 2.05) is 0 Å². The van der Waals surface area contributed by atoms with Gasteiger partial charge in [0.05, 0.1) is 24.4 Å². The van der Waals surface area contributed by atoms with E-state index in [1.165, 1.54) is 28.4 Å². The lowest BCUT2D eigenvalue weighted by Gasteiger charge is -2.27. The van der Waals surface area contributed by atoms with Crippen LogP contribution in [0.4, 0.5) is 20.9 Å². The number of morpholine rings is 1. The number of nitrogens with two attached hydrogens (primary N) is 1. The number of carbonyl (C=O) groups is 2. The lowest BCUT2D eigenvalue weighted by Crippen LogP contribution is -2.41. The Morgan fingerprint density at radius 2 is 2.33 bits per heavy atom. The van der Waals surface area contributed by atoms with Crippen LogP contribution in [0.5, 0.6) is 0 Å². The predicted octanol–water partition coefficient (Wildman–Crippen LogP) is 1.41. The molecule has 0 aliphatic carbocycles. The molecule has 1 fully saturated rings. The summed E-state index contributed by atoms with van der Waals surface area (Å²) in [5, 5.41) is 4.55. The second kappa shape index (κ2) is 6.93. The molecule has 0 unspecified atom stereocenters. The number of nitrogens with one attached hydrogen (secondary N) is 1. The lowest BCUT2D eigenvalue weighted by molar-refractivity contribution is -0.125. The third kappa shape index (κ3) is 3.69. The predicted molar refractivity (Wildman–Crippen MR) is 88.4 cm³/mol. The minimum absolute atomic E-state index is 0.0108. The molecule has 0 bridgehead atoms. The van der Waals surface area contributed by atoms with E-state index >= 15 is 0 Å². The summed E-state index contributed by atoms with van der Waals surface area (Å²) in [6.07, 6.45) is 0.0108. The molecule has 0 radical (unpaired) electrons. The number of anilines is 3. The first kappa shape index (κ1) is 16.3. The summed E-state index contributed by atoms with van der Waals surface area (Å²) in [5.74, 6) is -1.23. The van der Waals surface area contributed by atoms with Gasteiger partial charge in [0, 0.05) is 17.6 Å². The fourth-order valence-electron chi connectivity index (χ4n) is 2.33. The summed E-state index contributed by atoms with van der Waals surface area (Å²) in [4.78, 5) is 29.2. The average molecular weight is 350 g/mol. The van der Waals surface area contributed by atoms with Gasteiger partial charge < -0.3 is 20.7 Å². The summed E-state index contributed by atoms with van der Waals surface area (Å²) >= 11 is 1.24. The van der Waals surface area contributed by atoms with E-state index in [-0.39, 0.29) is 24.6 Å². The quantitative estimate of drug-likeness (QED) is 0.869. The highest BCUT2D eigenvalue weighted by atomic mass is 32.1. The van der Waals surface area contributed by atoms with Crippen LogP contribution in [0.15, 0.2) is 23.6 Å². The summed E-state index contributed by atoms with van der Waals surface area (Å²) in [6.45, 7) is 0.759. The van der Waals surface area contributed by atoms with Crippen molar-refractivity contribution in [3.8, 4) is 0 Å². The summed E-state index contributed by atoms with van der Waals surface area (Å²) < 4.78 is 19.3. The van der Waals surface area contributed by atoms with Gasteiger partial charge in [0.25, 0.3) is 5.91 Å². The minimum Gasteiger partial charge on any atom is -0.375 e. The number of aromatic nitrogens is 1. The topological polar surface area (TPSA) is 97.5 Å². The van der Waals surface area contributed by atoms with Crippen LogP contribution in [0.1, 0.15) is 5.69 Å². The fourth-order valence-corrected chi connectivity index (χ4v) is 2.89. The second-order valence-electron chi connectivity index (χ2n) is 5.16. The zero-order valence-electron chi connectivity index (χ0n) is 12.6. The Morgan fingerprint density at radius 3 is 3.00 bits per heavy atom. The molecule has 1 aromatic carbocycles. The van der Waals surface area contributed by atoms with Gasteiger partial charge in [-0.2, -0.15) is 0 Å². The zero-order valence-corrected chi connectivity index (χ0v) is 13.4. The van der Waals surface area contributed by atoms with Crippen molar-refractivity contribution in [3.63, 3.8) is 0 Å². The average Bonchev–Trinajstić information content (AvgIpc) is 2.95. The van der Waals surface area contributed by atoms with E-state index in [0.29, 0.717) is 29.7 Å². The van der Waals surface area contributed by atoms with Crippen LogP contribution in [-0.4, -0.2) is 36.6 Å². The SMILES string of the molecule is Nc1nc(CC(=O)Nc2ccc(N3CCOCC3=O)cc2F)cs1. The van der Waals surface area contributed by atoms with E-state index in [4.69, 9.17) is 10.5 Å². The first-order chi connectivity index (χ1) is 11.5. The molecule has 7 nitrogen and oxygen atoms in total. The number of thiazole rings is 1. The monoisotopic (exact) mass is 350 g/mol. The van der Waals surface area contributed by atoms with Gasteiger partial charge in [-0.3, -0.25) is 9.59 Å². The van der Waals surface area contributed by atoms with Crippen LogP contribution in [0, 0.1) is 5.82 Å². The molecule has 0 spiro atoms. The second-order valence-corrected chi connectivity index (χ2v) is 6.05. The molecule has 3 rings (SSSR count). The van der Waals surface area contributed by atoms with Crippen molar-refractivity contribution in [1.82, 2.24) is 4.98 Å². The van der Waals surface area contributed by atoms with Crippen LogP contribution in [0.3, 0.4) is 0 Å². The van der Waals surface area contributed by atoms with Crippen LogP contribution in [0.2, 0.25) is 0 Å². The third-order valence-corrected chi connectivity index (χ3v) is 4.16. The third-order valence-electron chi connectivity index (χ3n) is 3.44. The Kier molecular flexibility index (Phi) is 4.72. The van der Waals surface area contributed by atoms with Crippen molar-refractivity contribution in [2.75, 3.05) is 35.7 Å². The summed E-state index contributed by atoms with van der Waals surface area (Å²) in [5.41, 5.74) is 6.52. The molecule has 9 heteroatoms. The highest BCUT2D eigenvalue weighted by Crippen LogP contribution is 2.23. The normalized spacial score (nSPS) is 14.7. The van der Waals surface area contributed by atoms with Crippen molar-refractivity contribution in [3.05, 3.63) is 35.1 Å². The lowest BCUT2D eigenvalue weighted by atomic mass is 10.2. The zero-order chi connectivity index (χ0) is 17.1. The number of amides is 2. The molecule has 24 heavy (non-hydrogen) atoms. The van der Waals surface area contributed by atoms with E-state index in [9.17, 15) is 14.0 Å². The number of benzene rings is 1. The molecule has 2 aromatic rings. The van der Waals surface area contributed by atoms with Gasteiger partial charge >= 0.3 is 0 Å². The smallest absolute Gasteiger partial charge is 0.253 e. The fraction of sp³-hybridized carbons (Fsp3) is 0.267. The maximum absolute atomic E-state index is 14.2. The molecule has 1 aromatic heterocycles. The first-order valence-electron chi connectivity index (χ1n) is 7.20. The van der Waals surface area contributed by atoms with Crippen molar-refractivity contribution in [2.45, 2.75) is 6.42 Å². The first-order valence-corrected chi connectivity index (χ1v) is 8.08. The van der Waals surface area contributed by atoms with Gasteiger partial charge in [-0.15, -0.1) is 11.3 Å². The van der Waals surface area contributed by atoms with E-state index in [2.05, 4.69) is 10.3 Å². The number of rotatable bonds is 4. The molecule has 0 atom stereocenters. The summed E-state index contributed by atoms with van der Waals surface area (Å²) in [6, 6.07) is 4.24. The number of nitrogen functional groups attached to an aromatic ring is 1. The largest absolute Gasteiger partial charge is 0.375 e. The molecule has 2 heterocycles. The van der Waals surface area contributed by atoms with Gasteiger partial charge in [-0.05, 0) is 18.2 Å². The maximum atomic E-state index is 14.2. The molecule has 1 saturated heterocycles. The van der Waals surface area contributed by atoms with Gasteiger partial charge in [-0.25, -0.2) is 9.37 Å². The van der Waals surface area contributed by atoms with Crippen LogP contribution >= 0.6 is 11.3 Å². The van der Waals surface area contributed by atoms with Gasteiger partial charge in [-0.1, -0.05) is 0 Å². The van der Waals surface area contributed by atoms with E-state index in [1.54, 1.807) is 11.4 Å². The Morgan fingerprint density at radius 1 is 1.50 bits per heavy atom. The molecule has 126 valence electrons. The molecular formula is C15H15FN4O3S. The van der Waals surface area contributed by atoms with Crippen molar-refractivity contribution in [1.29, 1.82) is 0 Å². The Labute approximate surface area is 141 Å². The number of nitrogens with zero attached hydrogens (tertiary/aromatic N) is 2. The number of hydrogen-bond donors (Lipinski definition) is 2. The molecule has 3 N–H and O–H groups in total. The Hall–Kier alpha value is -2.52. The molecule has 2 amide bonds. The van der Waals surface area contributed by atoms with Crippen LogP contribution < -0.4 is 16.0 Å². The van der Waals surface area contributed by atoms with Crippen LogP contribution in [0.25, 0.3) is 0 Å². The Balaban J connectivity index is 1.68. The van der Waals surface area contributed by atoms with Gasteiger partial charge in [0.15, 0.2) is 5.13 Å². The van der Waals surface area contributed by atoms with E-state index < -0.39 is 11.7 Å². The number of ether oxygens (including phenoxy) is 1. The number of carbonyl (C=O) groups excluding carboxylic acids is 2. The number of halogens is 1. The highest BCUT2D eigenvalue weighted by Gasteiger charge is 2.21. The Bertz CT molecular complexity index is 780. The molecule has 0 saturated carbocycles. The van der Waals surface area contributed by atoms with Gasteiger partial charge in [0.1, 0.15) is 12.4 Å². The highest BCUT2D eigenvalue weighted by molar-refractivity contribution is 7.13. The van der Waals surface area contributed by atoms with E-state index in [0.717, 1.165) is 0 Å². The van der Waals surface area contributed by atoms with Crippen molar-refractivity contribution >= 4 is 39.7 Å². The standard InChI is InChI=1S/C15H15FN4O3S/c16-11-6-10(20-3-4-23-7-14(20)22)1-2-12(11)19-13(21)5-9-8-24-15(17)18-9/h1-2,6,8H,3-5,7H2,(H2,17,18)(H,19,21). The van der Waals surface area contributed by atoms with Crippen molar-refractivity contribution in [2.24, 2.45) is 0 Å². The molecular weight excluding hydrogens is 335 g/mol. The minimum atomic E-state index is -0.613. The summed E-state index contributed by atoms with van der Waals surface area (Å²) in [7, 11) is 0. The molecule has 1 aliphatic rings. The molecule has 1 aliphatic heterocycles.